The Labute approximate surface area is 97.8 Å². The van der Waals surface area contributed by atoms with Gasteiger partial charge in [-0.25, -0.2) is 0 Å². The third kappa shape index (κ3) is 3.96. The van der Waals surface area contributed by atoms with Crippen LogP contribution in [0.15, 0.2) is 24.3 Å². The lowest BCUT2D eigenvalue weighted by Crippen LogP contribution is -2.09. The molecule has 16 heavy (non-hydrogen) atoms. The molecule has 1 atom stereocenters. The Morgan fingerprint density at radius 1 is 1.31 bits per heavy atom. The Morgan fingerprint density at radius 2 is 2.00 bits per heavy atom. The van der Waals surface area contributed by atoms with Crippen molar-refractivity contribution < 1.29 is 4.74 Å². The van der Waals surface area contributed by atoms with Gasteiger partial charge in [-0.2, -0.15) is 0 Å². The van der Waals surface area contributed by atoms with Gasteiger partial charge in [-0.15, -0.1) is 0 Å². The van der Waals surface area contributed by atoms with Crippen LogP contribution in [0.5, 0.6) is 5.75 Å². The highest BCUT2D eigenvalue weighted by Crippen LogP contribution is 2.18. The van der Waals surface area contributed by atoms with Gasteiger partial charge in [-0.05, 0) is 38.5 Å². The first kappa shape index (κ1) is 12.6. The summed E-state index contributed by atoms with van der Waals surface area (Å²) in [4.78, 5) is 0. The molecule has 2 N–H and O–H groups in total. The molecule has 0 saturated carbocycles. The van der Waals surface area contributed by atoms with E-state index in [0.717, 1.165) is 11.3 Å². The molecule has 0 aromatic heterocycles. The monoisotopic (exact) mass is 217 g/mol. The van der Waals surface area contributed by atoms with E-state index in [1.807, 2.05) is 24.3 Å². The fraction of sp³-hybridized carbons (Fsp3) is 0.429. The highest BCUT2D eigenvalue weighted by molar-refractivity contribution is 5.34. The van der Waals surface area contributed by atoms with Crippen LogP contribution >= 0.6 is 0 Å². The van der Waals surface area contributed by atoms with Crippen molar-refractivity contribution >= 4 is 0 Å². The number of rotatable bonds is 2. The molecule has 2 heteroatoms. The van der Waals surface area contributed by atoms with Gasteiger partial charge in [0.2, 0.25) is 0 Å². The molecular weight excluding hydrogens is 198 g/mol. The zero-order valence-corrected chi connectivity index (χ0v) is 10.4. The molecule has 0 aliphatic carbocycles. The van der Waals surface area contributed by atoms with Crippen LogP contribution < -0.4 is 10.5 Å². The molecule has 2 nitrogen and oxygen atoms in total. The molecular formula is C14H19NO. The molecule has 0 spiro atoms. The summed E-state index contributed by atoms with van der Waals surface area (Å²) in [6.45, 7) is 6.20. The highest BCUT2D eigenvalue weighted by atomic mass is 16.5. The van der Waals surface area contributed by atoms with Crippen LogP contribution in [0.4, 0.5) is 0 Å². The Morgan fingerprint density at radius 3 is 2.56 bits per heavy atom. The molecule has 0 aliphatic rings. The second-order valence-electron chi connectivity index (χ2n) is 4.77. The van der Waals surface area contributed by atoms with E-state index >= 15 is 0 Å². The van der Waals surface area contributed by atoms with Gasteiger partial charge in [0.05, 0.1) is 13.2 Å². The van der Waals surface area contributed by atoms with Crippen molar-refractivity contribution in [1.29, 1.82) is 0 Å². The normalized spacial score (nSPS) is 12.6. The number of hydrogen-bond donors (Lipinski definition) is 1. The van der Waals surface area contributed by atoms with E-state index in [0.29, 0.717) is 0 Å². The van der Waals surface area contributed by atoms with E-state index in [9.17, 15) is 0 Å². The van der Waals surface area contributed by atoms with Gasteiger partial charge in [0, 0.05) is 5.41 Å². The standard InChI is InChI=1S/C14H19NO/c1-14(2,3)9-8-13(15)11-6-5-7-12(10-11)16-4/h5-7,10,13H,15H2,1-4H3. The van der Waals surface area contributed by atoms with Crippen LogP contribution in [-0.4, -0.2) is 7.11 Å². The lowest BCUT2D eigenvalue weighted by molar-refractivity contribution is 0.414. The average Bonchev–Trinajstić information content (AvgIpc) is 2.25. The lowest BCUT2D eigenvalue weighted by Gasteiger charge is -2.10. The van der Waals surface area contributed by atoms with Gasteiger partial charge in [0.25, 0.3) is 0 Å². The lowest BCUT2D eigenvalue weighted by atomic mass is 9.96. The van der Waals surface area contributed by atoms with E-state index in [4.69, 9.17) is 10.5 Å². The maximum Gasteiger partial charge on any atom is 0.119 e. The predicted octanol–water partition coefficient (Wildman–Crippen LogP) is 2.74. The van der Waals surface area contributed by atoms with E-state index in [1.165, 1.54) is 0 Å². The summed E-state index contributed by atoms with van der Waals surface area (Å²) in [7, 11) is 1.64. The molecule has 1 unspecified atom stereocenters. The van der Waals surface area contributed by atoms with E-state index in [2.05, 4.69) is 32.6 Å². The largest absolute Gasteiger partial charge is 0.497 e. The molecule has 1 aromatic rings. The fourth-order valence-corrected chi connectivity index (χ4v) is 1.21. The maximum absolute atomic E-state index is 6.00. The van der Waals surface area contributed by atoms with Gasteiger partial charge >= 0.3 is 0 Å². The summed E-state index contributed by atoms with van der Waals surface area (Å²) < 4.78 is 5.15. The second-order valence-corrected chi connectivity index (χ2v) is 4.77. The van der Waals surface area contributed by atoms with E-state index in [-0.39, 0.29) is 11.5 Å². The van der Waals surface area contributed by atoms with Crippen molar-refractivity contribution in [3.63, 3.8) is 0 Å². The minimum atomic E-state index is -0.255. The first-order valence-electron chi connectivity index (χ1n) is 5.34. The fourth-order valence-electron chi connectivity index (χ4n) is 1.21. The number of ether oxygens (including phenoxy) is 1. The van der Waals surface area contributed by atoms with Crippen LogP contribution in [-0.2, 0) is 0 Å². The van der Waals surface area contributed by atoms with Crippen molar-refractivity contribution in [1.82, 2.24) is 0 Å². The summed E-state index contributed by atoms with van der Waals surface area (Å²) in [5, 5.41) is 0. The predicted molar refractivity (Wildman–Crippen MR) is 67.2 cm³/mol. The Kier molecular flexibility index (Phi) is 3.98. The van der Waals surface area contributed by atoms with Crippen LogP contribution in [0.3, 0.4) is 0 Å². The summed E-state index contributed by atoms with van der Waals surface area (Å²) in [5.41, 5.74) is 6.96. The highest BCUT2D eigenvalue weighted by Gasteiger charge is 2.07. The van der Waals surface area contributed by atoms with Crippen LogP contribution in [0.2, 0.25) is 0 Å². The first-order chi connectivity index (χ1) is 7.42. The molecule has 0 radical (unpaired) electrons. The smallest absolute Gasteiger partial charge is 0.119 e. The van der Waals surface area contributed by atoms with Gasteiger partial charge < -0.3 is 10.5 Å². The second kappa shape index (κ2) is 5.05. The Bertz CT molecular complexity index is 407. The number of nitrogens with two attached hydrogens (primary N) is 1. The van der Waals surface area contributed by atoms with Crippen molar-refractivity contribution in [2.75, 3.05) is 7.11 Å². The summed E-state index contributed by atoms with van der Waals surface area (Å²) in [6, 6.07) is 7.45. The molecule has 0 amide bonds. The number of methoxy groups -OCH3 is 1. The topological polar surface area (TPSA) is 35.2 Å². The van der Waals surface area contributed by atoms with Gasteiger partial charge in [-0.1, -0.05) is 24.0 Å². The number of hydrogen-bond acceptors (Lipinski definition) is 2. The third-order valence-electron chi connectivity index (χ3n) is 2.06. The quantitative estimate of drug-likeness (QED) is 0.773. The molecule has 86 valence electrons. The minimum absolute atomic E-state index is 0.0174. The van der Waals surface area contributed by atoms with Crippen LogP contribution in [0.25, 0.3) is 0 Å². The Hall–Kier alpha value is -1.46. The van der Waals surface area contributed by atoms with Crippen LogP contribution in [0, 0.1) is 17.3 Å². The average molecular weight is 217 g/mol. The molecule has 0 aliphatic heterocycles. The van der Waals surface area contributed by atoms with Gasteiger partial charge in [-0.3, -0.25) is 0 Å². The third-order valence-corrected chi connectivity index (χ3v) is 2.06. The molecule has 1 aromatic carbocycles. The molecule has 0 heterocycles. The molecule has 0 bridgehead atoms. The zero-order valence-electron chi connectivity index (χ0n) is 10.4. The summed E-state index contributed by atoms with van der Waals surface area (Å²) in [6.07, 6.45) is 0. The van der Waals surface area contributed by atoms with Gasteiger partial charge in [0.1, 0.15) is 5.75 Å². The summed E-state index contributed by atoms with van der Waals surface area (Å²) in [5.74, 6) is 7.01. The van der Waals surface area contributed by atoms with Gasteiger partial charge in [0.15, 0.2) is 0 Å². The molecule has 1 rings (SSSR count). The zero-order chi connectivity index (χ0) is 12.2. The number of benzene rings is 1. The molecule has 0 saturated heterocycles. The van der Waals surface area contributed by atoms with E-state index < -0.39 is 0 Å². The minimum Gasteiger partial charge on any atom is -0.497 e. The van der Waals surface area contributed by atoms with Crippen molar-refractivity contribution in [3.8, 4) is 17.6 Å². The summed E-state index contributed by atoms with van der Waals surface area (Å²) >= 11 is 0. The van der Waals surface area contributed by atoms with E-state index in [1.54, 1.807) is 7.11 Å². The van der Waals surface area contributed by atoms with Crippen molar-refractivity contribution in [2.24, 2.45) is 11.1 Å². The SMILES string of the molecule is COc1cccc(C(N)C#CC(C)(C)C)c1. The first-order valence-corrected chi connectivity index (χ1v) is 5.34. The van der Waals surface area contributed by atoms with Crippen LogP contribution in [0.1, 0.15) is 32.4 Å². The van der Waals surface area contributed by atoms with Crippen molar-refractivity contribution in [2.45, 2.75) is 26.8 Å². The Balaban J connectivity index is 2.87. The van der Waals surface area contributed by atoms with Crippen molar-refractivity contribution in [3.05, 3.63) is 29.8 Å². The molecule has 0 fully saturated rings. The maximum atomic E-state index is 6.00.